The molecule has 0 radical (unpaired) electrons. The molecule has 0 aromatic heterocycles. The monoisotopic (exact) mass is 344 g/mol. The number of carbonyl (C=O) groups is 1. The van der Waals surface area contributed by atoms with Crippen LogP contribution in [0.2, 0.25) is 0 Å². The van der Waals surface area contributed by atoms with E-state index in [4.69, 9.17) is 4.74 Å². The van der Waals surface area contributed by atoms with E-state index in [0.717, 1.165) is 23.3 Å². The van der Waals surface area contributed by atoms with Gasteiger partial charge in [-0.25, -0.2) is 9.18 Å². The first-order valence-electron chi connectivity index (χ1n) is 8.43. The van der Waals surface area contributed by atoms with Gasteiger partial charge < -0.3 is 15.0 Å². The number of hydrogen-bond donors (Lipinski definition) is 1. The van der Waals surface area contributed by atoms with Crippen molar-refractivity contribution >= 4 is 6.03 Å². The lowest BCUT2D eigenvalue weighted by molar-refractivity contribution is 0.204. The van der Waals surface area contributed by atoms with Crippen LogP contribution in [0.25, 0.3) is 0 Å². The molecule has 0 aliphatic heterocycles. The summed E-state index contributed by atoms with van der Waals surface area (Å²) >= 11 is 0. The Morgan fingerprint density at radius 3 is 2.36 bits per heavy atom. The highest BCUT2D eigenvalue weighted by atomic mass is 19.1. The van der Waals surface area contributed by atoms with E-state index >= 15 is 0 Å². The zero-order valence-corrected chi connectivity index (χ0v) is 15.0. The fourth-order valence-electron chi connectivity index (χ4n) is 2.57. The topological polar surface area (TPSA) is 41.6 Å². The lowest BCUT2D eigenvalue weighted by atomic mass is 10.0. The molecule has 4 nitrogen and oxygen atoms in total. The fraction of sp³-hybridized carbons (Fsp3) is 0.350. The molecule has 0 saturated carbocycles. The molecule has 1 N–H and O–H groups in total. The maximum absolute atomic E-state index is 12.9. The molecular formula is C20H25FN2O2. The molecule has 1 atom stereocenters. The Labute approximate surface area is 148 Å². The highest BCUT2D eigenvalue weighted by molar-refractivity contribution is 5.74. The Morgan fingerprint density at radius 1 is 1.16 bits per heavy atom. The van der Waals surface area contributed by atoms with Crippen molar-refractivity contribution in [2.75, 3.05) is 20.7 Å². The van der Waals surface area contributed by atoms with Gasteiger partial charge in [-0.2, -0.15) is 0 Å². The van der Waals surface area contributed by atoms with Crippen LogP contribution in [0.3, 0.4) is 0 Å². The number of methoxy groups -OCH3 is 1. The third kappa shape index (κ3) is 5.48. The highest BCUT2D eigenvalue weighted by Crippen LogP contribution is 2.20. The molecule has 0 fully saturated rings. The van der Waals surface area contributed by atoms with Crippen LogP contribution in [0.4, 0.5) is 9.18 Å². The quantitative estimate of drug-likeness (QED) is 0.819. The summed E-state index contributed by atoms with van der Waals surface area (Å²) in [5.41, 5.74) is 2.05. The van der Waals surface area contributed by atoms with Crippen molar-refractivity contribution in [3.05, 3.63) is 65.5 Å². The summed E-state index contributed by atoms with van der Waals surface area (Å²) in [5.74, 6) is 0.543. The summed E-state index contributed by atoms with van der Waals surface area (Å²) in [6, 6.07) is 13.9. The maximum atomic E-state index is 12.9. The largest absolute Gasteiger partial charge is 0.497 e. The van der Waals surface area contributed by atoms with Crippen molar-refractivity contribution < 1.29 is 13.9 Å². The van der Waals surface area contributed by atoms with Crippen LogP contribution in [0.5, 0.6) is 5.75 Å². The highest BCUT2D eigenvalue weighted by Gasteiger charge is 2.15. The lowest BCUT2D eigenvalue weighted by Crippen LogP contribution is -2.40. The van der Waals surface area contributed by atoms with Gasteiger partial charge in [-0.05, 0) is 48.2 Å². The van der Waals surface area contributed by atoms with E-state index in [2.05, 4.69) is 5.32 Å². The molecule has 0 saturated heterocycles. The van der Waals surface area contributed by atoms with E-state index in [1.807, 2.05) is 31.2 Å². The predicted molar refractivity (Wildman–Crippen MR) is 97.3 cm³/mol. The standard InChI is InChI=1S/C20H25FN2O2/c1-4-19(16-7-11-18(25-3)12-8-16)22-20(24)23(2)14-13-15-5-9-17(21)10-6-15/h5-12,19H,4,13-14H2,1-3H3,(H,22,24)/t19-/m0/s1. The number of nitrogens with one attached hydrogen (secondary N) is 1. The molecule has 2 rings (SSSR count). The first-order valence-corrected chi connectivity index (χ1v) is 8.43. The van der Waals surface area contributed by atoms with E-state index < -0.39 is 0 Å². The summed E-state index contributed by atoms with van der Waals surface area (Å²) in [6.07, 6.45) is 1.48. The van der Waals surface area contributed by atoms with Gasteiger partial charge in [0.1, 0.15) is 11.6 Å². The number of hydrogen-bond acceptors (Lipinski definition) is 2. The maximum Gasteiger partial charge on any atom is 0.317 e. The lowest BCUT2D eigenvalue weighted by Gasteiger charge is -2.23. The molecule has 0 heterocycles. The normalized spacial score (nSPS) is 11.7. The van der Waals surface area contributed by atoms with Crippen LogP contribution in [0.1, 0.15) is 30.5 Å². The van der Waals surface area contributed by atoms with Crippen molar-refractivity contribution in [1.82, 2.24) is 10.2 Å². The van der Waals surface area contributed by atoms with E-state index in [0.29, 0.717) is 13.0 Å². The van der Waals surface area contributed by atoms with Gasteiger partial charge in [0.2, 0.25) is 0 Å². The molecule has 2 aromatic rings. The number of ether oxygens (including phenoxy) is 1. The molecule has 2 amide bonds. The van der Waals surface area contributed by atoms with Crippen LogP contribution in [0.15, 0.2) is 48.5 Å². The molecule has 0 spiro atoms. The third-order valence-corrected chi connectivity index (χ3v) is 4.22. The zero-order chi connectivity index (χ0) is 18.2. The number of nitrogens with zero attached hydrogens (tertiary/aromatic N) is 1. The Balaban J connectivity index is 1.90. The number of amides is 2. The Bertz CT molecular complexity index is 671. The second kappa shape index (κ2) is 9.06. The van der Waals surface area contributed by atoms with Gasteiger partial charge in [0.05, 0.1) is 13.2 Å². The van der Waals surface area contributed by atoms with E-state index in [-0.39, 0.29) is 17.9 Å². The Hall–Kier alpha value is -2.56. The zero-order valence-electron chi connectivity index (χ0n) is 15.0. The molecule has 0 bridgehead atoms. The third-order valence-electron chi connectivity index (χ3n) is 4.22. The number of benzene rings is 2. The number of rotatable bonds is 7. The van der Waals surface area contributed by atoms with Crippen LogP contribution in [0, 0.1) is 5.82 Å². The first-order chi connectivity index (χ1) is 12.0. The summed E-state index contributed by atoms with van der Waals surface area (Å²) in [5, 5.41) is 3.05. The van der Waals surface area contributed by atoms with Crippen molar-refractivity contribution in [3.63, 3.8) is 0 Å². The second-order valence-electron chi connectivity index (χ2n) is 5.98. The number of halogens is 1. The Morgan fingerprint density at radius 2 is 1.80 bits per heavy atom. The van der Waals surface area contributed by atoms with Gasteiger partial charge >= 0.3 is 6.03 Å². The summed E-state index contributed by atoms with van der Waals surface area (Å²) in [4.78, 5) is 14.1. The molecule has 2 aromatic carbocycles. The number of likely N-dealkylation sites (N-methyl/N-ethyl adjacent to an activating group) is 1. The first kappa shape index (κ1) is 18.8. The van der Waals surface area contributed by atoms with Crippen molar-refractivity contribution in [2.24, 2.45) is 0 Å². The van der Waals surface area contributed by atoms with E-state index in [1.165, 1.54) is 12.1 Å². The van der Waals surface area contributed by atoms with Gasteiger partial charge in [0.15, 0.2) is 0 Å². The second-order valence-corrected chi connectivity index (χ2v) is 5.98. The van der Waals surface area contributed by atoms with Gasteiger partial charge in [0.25, 0.3) is 0 Å². The number of carbonyl (C=O) groups excluding carboxylic acids is 1. The molecule has 0 aliphatic rings. The van der Waals surface area contributed by atoms with Crippen LogP contribution in [-0.2, 0) is 6.42 Å². The van der Waals surface area contributed by atoms with Gasteiger partial charge in [0, 0.05) is 13.6 Å². The van der Waals surface area contributed by atoms with Crippen LogP contribution >= 0.6 is 0 Å². The average Bonchev–Trinajstić information content (AvgIpc) is 2.65. The minimum absolute atomic E-state index is 0.0494. The van der Waals surface area contributed by atoms with E-state index in [1.54, 1.807) is 31.2 Å². The van der Waals surface area contributed by atoms with E-state index in [9.17, 15) is 9.18 Å². The fourth-order valence-corrected chi connectivity index (χ4v) is 2.57. The minimum atomic E-state index is -0.250. The smallest absolute Gasteiger partial charge is 0.317 e. The average molecular weight is 344 g/mol. The summed E-state index contributed by atoms with van der Waals surface area (Å²) < 4.78 is 18.1. The predicted octanol–water partition coefficient (Wildman–Crippen LogP) is 4.17. The minimum Gasteiger partial charge on any atom is -0.497 e. The summed E-state index contributed by atoms with van der Waals surface area (Å²) in [7, 11) is 3.39. The Kier molecular flexibility index (Phi) is 6.81. The van der Waals surface area contributed by atoms with Gasteiger partial charge in [-0.1, -0.05) is 31.2 Å². The summed E-state index contributed by atoms with van der Waals surface area (Å²) in [6.45, 7) is 2.60. The van der Waals surface area contributed by atoms with Crippen LogP contribution in [-0.4, -0.2) is 31.6 Å². The molecule has 25 heavy (non-hydrogen) atoms. The number of urea groups is 1. The SMILES string of the molecule is CC[C@H](NC(=O)N(C)CCc1ccc(F)cc1)c1ccc(OC)cc1. The van der Waals surface area contributed by atoms with Crippen molar-refractivity contribution in [2.45, 2.75) is 25.8 Å². The molecule has 0 aliphatic carbocycles. The molecular weight excluding hydrogens is 319 g/mol. The molecule has 0 unspecified atom stereocenters. The molecule has 5 heteroatoms. The van der Waals surface area contributed by atoms with Crippen LogP contribution < -0.4 is 10.1 Å². The molecule has 134 valence electrons. The van der Waals surface area contributed by atoms with Crippen molar-refractivity contribution in [3.8, 4) is 5.75 Å². The van der Waals surface area contributed by atoms with Crippen molar-refractivity contribution in [1.29, 1.82) is 0 Å². The van der Waals surface area contributed by atoms with Gasteiger partial charge in [-0.3, -0.25) is 0 Å². The van der Waals surface area contributed by atoms with Gasteiger partial charge in [-0.15, -0.1) is 0 Å².